The number of piperidine rings is 1. The van der Waals surface area contributed by atoms with Crippen LogP contribution in [-0.2, 0) is 16.1 Å². The van der Waals surface area contributed by atoms with Gasteiger partial charge in [0.15, 0.2) is 0 Å². The van der Waals surface area contributed by atoms with E-state index in [1.807, 2.05) is 30.3 Å². The molecule has 0 unspecified atom stereocenters. The summed E-state index contributed by atoms with van der Waals surface area (Å²) < 4.78 is 20.9. The van der Waals surface area contributed by atoms with E-state index in [4.69, 9.17) is 9.72 Å². The SMILES string of the molecule is COCCCNC(=O)C1CCN(c2nc3ccccc3n2Cc2cccc(F)c2)CC1. The molecule has 1 aromatic heterocycles. The van der Waals surface area contributed by atoms with E-state index in [9.17, 15) is 9.18 Å². The molecule has 164 valence electrons. The maximum absolute atomic E-state index is 13.7. The largest absolute Gasteiger partial charge is 0.385 e. The second kappa shape index (κ2) is 9.92. The van der Waals surface area contributed by atoms with Crippen molar-refractivity contribution in [1.82, 2.24) is 14.9 Å². The number of hydrogen-bond donors (Lipinski definition) is 1. The zero-order valence-corrected chi connectivity index (χ0v) is 17.9. The molecule has 1 N–H and O–H groups in total. The van der Waals surface area contributed by atoms with Gasteiger partial charge in [0.1, 0.15) is 5.82 Å². The first-order valence-corrected chi connectivity index (χ1v) is 10.9. The summed E-state index contributed by atoms with van der Waals surface area (Å²) in [5.74, 6) is 0.800. The molecule has 4 rings (SSSR count). The van der Waals surface area contributed by atoms with E-state index in [-0.39, 0.29) is 17.6 Å². The van der Waals surface area contributed by atoms with Gasteiger partial charge in [-0.2, -0.15) is 0 Å². The van der Waals surface area contributed by atoms with Crippen LogP contribution in [0, 0.1) is 11.7 Å². The van der Waals surface area contributed by atoms with Gasteiger partial charge in [0.05, 0.1) is 17.6 Å². The summed E-state index contributed by atoms with van der Waals surface area (Å²) in [5, 5.41) is 3.02. The topological polar surface area (TPSA) is 59.4 Å². The highest BCUT2D eigenvalue weighted by atomic mass is 19.1. The number of amides is 1. The van der Waals surface area contributed by atoms with Crippen molar-refractivity contribution >= 4 is 22.9 Å². The van der Waals surface area contributed by atoms with Gasteiger partial charge in [-0.3, -0.25) is 4.79 Å². The third kappa shape index (κ3) is 5.05. The highest BCUT2D eigenvalue weighted by Gasteiger charge is 2.27. The molecule has 31 heavy (non-hydrogen) atoms. The number of benzene rings is 2. The Morgan fingerprint density at radius 1 is 1.19 bits per heavy atom. The van der Waals surface area contributed by atoms with Crippen LogP contribution in [0.4, 0.5) is 10.3 Å². The van der Waals surface area contributed by atoms with Gasteiger partial charge in [-0.05, 0) is 49.1 Å². The number of ether oxygens (including phenoxy) is 1. The first kappa shape index (κ1) is 21.3. The third-order valence-electron chi connectivity index (χ3n) is 5.84. The molecule has 1 aliphatic heterocycles. The van der Waals surface area contributed by atoms with Crippen LogP contribution >= 0.6 is 0 Å². The summed E-state index contributed by atoms with van der Waals surface area (Å²) >= 11 is 0. The molecule has 0 bridgehead atoms. The second-order valence-electron chi connectivity index (χ2n) is 8.02. The molecular formula is C24H29FN4O2. The first-order valence-electron chi connectivity index (χ1n) is 10.9. The van der Waals surface area contributed by atoms with Gasteiger partial charge in [-0.1, -0.05) is 24.3 Å². The summed E-state index contributed by atoms with van der Waals surface area (Å²) in [7, 11) is 1.67. The molecule has 0 radical (unpaired) electrons. The maximum Gasteiger partial charge on any atom is 0.223 e. The van der Waals surface area contributed by atoms with Crippen molar-refractivity contribution in [2.24, 2.45) is 5.92 Å². The highest BCUT2D eigenvalue weighted by Crippen LogP contribution is 2.28. The molecule has 1 amide bonds. The fourth-order valence-electron chi connectivity index (χ4n) is 4.19. The third-order valence-corrected chi connectivity index (χ3v) is 5.84. The molecule has 2 aromatic carbocycles. The van der Waals surface area contributed by atoms with Crippen LogP contribution in [0.15, 0.2) is 48.5 Å². The number of methoxy groups -OCH3 is 1. The van der Waals surface area contributed by atoms with Crippen LogP contribution < -0.4 is 10.2 Å². The Morgan fingerprint density at radius 3 is 2.77 bits per heavy atom. The van der Waals surface area contributed by atoms with Crippen molar-refractivity contribution in [1.29, 1.82) is 0 Å². The lowest BCUT2D eigenvalue weighted by molar-refractivity contribution is -0.125. The normalized spacial score (nSPS) is 14.8. The molecule has 0 atom stereocenters. The van der Waals surface area contributed by atoms with Crippen molar-refractivity contribution in [3.63, 3.8) is 0 Å². The number of carbonyl (C=O) groups is 1. The molecule has 7 heteroatoms. The van der Waals surface area contributed by atoms with Crippen LogP contribution in [0.3, 0.4) is 0 Å². The lowest BCUT2D eigenvalue weighted by Gasteiger charge is -2.32. The number of rotatable bonds is 8. The van der Waals surface area contributed by atoms with Gasteiger partial charge in [0.25, 0.3) is 0 Å². The number of aromatic nitrogens is 2. The lowest BCUT2D eigenvalue weighted by atomic mass is 9.96. The number of nitrogens with zero attached hydrogens (tertiary/aromatic N) is 3. The number of para-hydroxylation sites is 2. The van der Waals surface area contributed by atoms with Crippen molar-refractivity contribution in [2.45, 2.75) is 25.8 Å². The second-order valence-corrected chi connectivity index (χ2v) is 8.02. The molecule has 1 saturated heterocycles. The molecule has 0 saturated carbocycles. The van der Waals surface area contributed by atoms with Gasteiger partial charge in [0, 0.05) is 39.3 Å². The molecular weight excluding hydrogens is 395 g/mol. The number of hydrogen-bond acceptors (Lipinski definition) is 4. The Hall–Kier alpha value is -2.93. The molecule has 0 aliphatic carbocycles. The zero-order chi connectivity index (χ0) is 21.6. The Kier molecular flexibility index (Phi) is 6.82. The standard InChI is InChI=1S/C24H29FN4O2/c1-31-15-5-12-26-23(30)19-10-13-28(14-11-19)24-27-21-8-2-3-9-22(21)29(24)17-18-6-4-7-20(25)16-18/h2-4,6-9,16,19H,5,10-15,17H2,1H3,(H,26,30). The van der Waals surface area contributed by atoms with E-state index in [1.54, 1.807) is 19.2 Å². The van der Waals surface area contributed by atoms with Crippen LogP contribution in [0.1, 0.15) is 24.8 Å². The minimum Gasteiger partial charge on any atom is -0.385 e. The molecule has 6 nitrogen and oxygen atoms in total. The Morgan fingerprint density at radius 2 is 2.00 bits per heavy atom. The fourth-order valence-corrected chi connectivity index (χ4v) is 4.19. The van der Waals surface area contributed by atoms with Crippen LogP contribution in [0.25, 0.3) is 11.0 Å². The molecule has 1 aliphatic rings. The number of fused-ring (bicyclic) bond motifs is 1. The van der Waals surface area contributed by atoms with Crippen molar-refractivity contribution in [3.8, 4) is 0 Å². The van der Waals surface area contributed by atoms with E-state index in [0.29, 0.717) is 19.7 Å². The summed E-state index contributed by atoms with van der Waals surface area (Å²) in [6, 6.07) is 14.7. The number of imidazole rings is 1. The molecule has 3 aromatic rings. The minimum absolute atomic E-state index is 0.0276. The maximum atomic E-state index is 13.7. The van der Waals surface area contributed by atoms with Gasteiger partial charge in [0.2, 0.25) is 11.9 Å². The first-order chi connectivity index (χ1) is 15.2. The minimum atomic E-state index is -0.235. The summed E-state index contributed by atoms with van der Waals surface area (Å²) in [6.45, 7) is 3.38. The average molecular weight is 425 g/mol. The summed E-state index contributed by atoms with van der Waals surface area (Å²) in [4.78, 5) is 19.6. The van der Waals surface area contributed by atoms with Gasteiger partial charge >= 0.3 is 0 Å². The monoisotopic (exact) mass is 424 g/mol. The Bertz CT molecular complexity index is 1030. The van der Waals surface area contributed by atoms with E-state index in [1.165, 1.54) is 6.07 Å². The van der Waals surface area contributed by atoms with Gasteiger partial charge in [-0.25, -0.2) is 9.37 Å². The number of carbonyl (C=O) groups excluding carboxylic acids is 1. The molecule has 1 fully saturated rings. The van der Waals surface area contributed by atoms with Gasteiger partial charge < -0.3 is 19.5 Å². The van der Waals surface area contributed by atoms with Crippen molar-refractivity contribution in [3.05, 3.63) is 59.9 Å². The average Bonchev–Trinajstić information content (AvgIpc) is 3.15. The molecule has 2 heterocycles. The van der Waals surface area contributed by atoms with E-state index < -0.39 is 0 Å². The fraction of sp³-hybridized carbons (Fsp3) is 0.417. The summed E-state index contributed by atoms with van der Waals surface area (Å²) in [6.07, 6.45) is 2.41. The zero-order valence-electron chi connectivity index (χ0n) is 17.9. The quantitative estimate of drug-likeness (QED) is 0.562. The van der Waals surface area contributed by atoms with Crippen LogP contribution in [0.2, 0.25) is 0 Å². The Balaban J connectivity index is 1.48. The van der Waals surface area contributed by atoms with Crippen LogP contribution in [-0.4, -0.2) is 48.8 Å². The van der Waals surface area contributed by atoms with Gasteiger partial charge in [-0.15, -0.1) is 0 Å². The van der Waals surface area contributed by atoms with E-state index in [2.05, 4.69) is 14.8 Å². The number of halogens is 1. The smallest absolute Gasteiger partial charge is 0.223 e. The van der Waals surface area contributed by atoms with Crippen LogP contribution in [0.5, 0.6) is 0 Å². The predicted molar refractivity (Wildman–Crippen MR) is 120 cm³/mol. The Labute approximate surface area is 182 Å². The van der Waals surface area contributed by atoms with Crippen molar-refractivity contribution in [2.75, 3.05) is 38.3 Å². The predicted octanol–water partition coefficient (Wildman–Crippen LogP) is 3.59. The lowest BCUT2D eigenvalue weighted by Crippen LogP contribution is -2.41. The van der Waals surface area contributed by atoms with Crippen molar-refractivity contribution < 1.29 is 13.9 Å². The number of anilines is 1. The van der Waals surface area contributed by atoms with E-state index in [0.717, 1.165) is 54.9 Å². The summed E-state index contributed by atoms with van der Waals surface area (Å²) in [5.41, 5.74) is 2.85. The number of nitrogens with one attached hydrogen (secondary N) is 1. The van der Waals surface area contributed by atoms with E-state index >= 15 is 0 Å². The molecule has 0 spiro atoms. The highest BCUT2D eigenvalue weighted by molar-refractivity contribution is 5.80.